The summed E-state index contributed by atoms with van der Waals surface area (Å²) in [6.07, 6.45) is 0.866. The van der Waals surface area contributed by atoms with Crippen molar-refractivity contribution in [2.45, 2.75) is 20.3 Å². The Morgan fingerprint density at radius 1 is 0.929 bits per heavy atom. The molecule has 1 N–H and O–H groups in total. The first-order valence-electron chi connectivity index (χ1n) is 10.4. The largest absolute Gasteiger partial charge is 0.372 e. The van der Waals surface area contributed by atoms with E-state index in [1.807, 2.05) is 23.1 Å². The summed E-state index contributed by atoms with van der Waals surface area (Å²) >= 11 is 0. The van der Waals surface area contributed by atoms with Gasteiger partial charge in [-0.25, -0.2) is 4.79 Å². The molecule has 0 bridgehead atoms. The fourth-order valence-electron chi connectivity index (χ4n) is 3.70. The second-order valence-electron chi connectivity index (χ2n) is 7.13. The highest BCUT2D eigenvalue weighted by Gasteiger charge is 2.21. The van der Waals surface area contributed by atoms with E-state index in [4.69, 9.17) is 0 Å². The fourth-order valence-corrected chi connectivity index (χ4v) is 3.70. The van der Waals surface area contributed by atoms with Gasteiger partial charge in [0.15, 0.2) is 0 Å². The predicted octanol–water partition coefficient (Wildman–Crippen LogP) is 3.61. The predicted molar refractivity (Wildman–Crippen MR) is 117 cm³/mol. The van der Waals surface area contributed by atoms with Gasteiger partial charge in [0.1, 0.15) is 0 Å². The van der Waals surface area contributed by atoms with Gasteiger partial charge in [0.2, 0.25) is 0 Å². The minimum Gasteiger partial charge on any atom is -0.372 e. The van der Waals surface area contributed by atoms with E-state index in [2.05, 4.69) is 65.4 Å². The van der Waals surface area contributed by atoms with Crippen molar-refractivity contribution in [2.24, 2.45) is 0 Å². The molecule has 1 aliphatic heterocycles. The standard InChI is InChI=1S/C23H32N4O/c1-3-25(4-2)21-10-12-22(13-11-21)26-16-18-27(19-17-26)23(28)24-15-14-20-8-6-5-7-9-20/h5-13H,3-4,14-19H2,1-2H3,(H,24,28). The summed E-state index contributed by atoms with van der Waals surface area (Å²) in [5.74, 6) is 0. The molecule has 0 aliphatic carbocycles. The van der Waals surface area contributed by atoms with E-state index >= 15 is 0 Å². The lowest BCUT2D eigenvalue weighted by molar-refractivity contribution is 0.194. The quantitative estimate of drug-likeness (QED) is 0.798. The molecule has 0 unspecified atom stereocenters. The SMILES string of the molecule is CCN(CC)c1ccc(N2CCN(C(=O)NCCc3ccccc3)CC2)cc1. The van der Waals surface area contributed by atoms with Crippen LogP contribution in [0.25, 0.3) is 0 Å². The number of carbonyl (C=O) groups excluding carboxylic acids is 1. The molecule has 3 rings (SSSR count). The topological polar surface area (TPSA) is 38.8 Å². The molecule has 28 heavy (non-hydrogen) atoms. The van der Waals surface area contributed by atoms with Crippen molar-refractivity contribution in [3.05, 3.63) is 60.2 Å². The normalized spacial score (nSPS) is 14.1. The molecule has 0 spiro atoms. The smallest absolute Gasteiger partial charge is 0.317 e. The Bertz CT molecular complexity index is 720. The molecule has 5 heteroatoms. The summed E-state index contributed by atoms with van der Waals surface area (Å²) in [7, 11) is 0. The van der Waals surface area contributed by atoms with E-state index < -0.39 is 0 Å². The number of rotatable bonds is 7. The highest BCUT2D eigenvalue weighted by molar-refractivity contribution is 5.74. The highest BCUT2D eigenvalue weighted by Crippen LogP contribution is 2.22. The van der Waals surface area contributed by atoms with Crippen LogP contribution in [0.3, 0.4) is 0 Å². The summed E-state index contributed by atoms with van der Waals surface area (Å²) in [6.45, 7) is 10.3. The summed E-state index contributed by atoms with van der Waals surface area (Å²) in [5, 5.41) is 3.05. The molecule has 1 aliphatic rings. The van der Waals surface area contributed by atoms with Crippen molar-refractivity contribution < 1.29 is 4.79 Å². The summed E-state index contributed by atoms with van der Waals surface area (Å²) < 4.78 is 0. The van der Waals surface area contributed by atoms with Crippen LogP contribution in [0.1, 0.15) is 19.4 Å². The van der Waals surface area contributed by atoms with Crippen molar-refractivity contribution in [3.63, 3.8) is 0 Å². The van der Waals surface area contributed by atoms with Gasteiger partial charge in [0.25, 0.3) is 0 Å². The molecule has 1 heterocycles. The molecular formula is C23H32N4O. The third-order valence-electron chi connectivity index (χ3n) is 5.44. The molecule has 0 radical (unpaired) electrons. The van der Waals surface area contributed by atoms with Crippen molar-refractivity contribution >= 4 is 17.4 Å². The Hall–Kier alpha value is -2.69. The van der Waals surface area contributed by atoms with Crippen molar-refractivity contribution in [3.8, 4) is 0 Å². The van der Waals surface area contributed by atoms with Crippen LogP contribution in [-0.4, -0.2) is 56.7 Å². The fraction of sp³-hybridized carbons (Fsp3) is 0.435. The van der Waals surface area contributed by atoms with Crippen molar-refractivity contribution in [2.75, 3.05) is 55.6 Å². The number of piperazine rings is 1. The molecule has 2 amide bonds. The third kappa shape index (κ3) is 5.18. The second-order valence-corrected chi connectivity index (χ2v) is 7.13. The van der Waals surface area contributed by atoms with Crippen LogP contribution in [0.5, 0.6) is 0 Å². The van der Waals surface area contributed by atoms with Gasteiger partial charge < -0.3 is 20.0 Å². The van der Waals surface area contributed by atoms with Crippen LogP contribution in [0.4, 0.5) is 16.2 Å². The molecule has 0 atom stereocenters. The molecule has 1 fully saturated rings. The van der Waals surface area contributed by atoms with E-state index in [1.54, 1.807) is 0 Å². The van der Waals surface area contributed by atoms with Crippen LogP contribution in [0.2, 0.25) is 0 Å². The van der Waals surface area contributed by atoms with E-state index in [9.17, 15) is 4.79 Å². The van der Waals surface area contributed by atoms with Gasteiger partial charge >= 0.3 is 6.03 Å². The van der Waals surface area contributed by atoms with E-state index in [-0.39, 0.29) is 6.03 Å². The van der Waals surface area contributed by atoms with Gasteiger partial charge in [-0.1, -0.05) is 30.3 Å². The molecule has 0 saturated carbocycles. The summed E-state index contributed by atoms with van der Waals surface area (Å²) in [6, 6.07) is 19.1. The Morgan fingerprint density at radius 3 is 2.18 bits per heavy atom. The van der Waals surface area contributed by atoms with E-state index in [1.165, 1.54) is 16.9 Å². The van der Waals surface area contributed by atoms with Gasteiger partial charge in [0, 0.05) is 57.2 Å². The van der Waals surface area contributed by atoms with Crippen molar-refractivity contribution in [1.29, 1.82) is 0 Å². The lowest BCUT2D eigenvalue weighted by Gasteiger charge is -2.36. The Labute approximate surface area is 168 Å². The number of hydrogen-bond acceptors (Lipinski definition) is 3. The van der Waals surface area contributed by atoms with Crippen LogP contribution in [0, 0.1) is 0 Å². The van der Waals surface area contributed by atoms with Gasteiger partial charge in [0.05, 0.1) is 0 Å². The monoisotopic (exact) mass is 380 g/mol. The maximum atomic E-state index is 12.4. The van der Waals surface area contributed by atoms with E-state index in [0.29, 0.717) is 6.54 Å². The average Bonchev–Trinajstić information content (AvgIpc) is 2.76. The van der Waals surface area contributed by atoms with E-state index in [0.717, 1.165) is 45.7 Å². The second kappa shape index (κ2) is 10.0. The number of benzene rings is 2. The van der Waals surface area contributed by atoms with Gasteiger partial charge in [-0.3, -0.25) is 0 Å². The molecule has 150 valence electrons. The zero-order valence-corrected chi connectivity index (χ0v) is 17.1. The maximum absolute atomic E-state index is 12.4. The Kier molecular flexibility index (Phi) is 7.18. The molecule has 5 nitrogen and oxygen atoms in total. The molecule has 0 aromatic heterocycles. The first kappa shape index (κ1) is 20.1. The number of nitrogens with one attached hydrogen (secondary N) is 1. The Morgan fingerprint density at radius 2 is 1.57 bits per heavy atom. The first-order chi connectivity index (χ1) is 13.7. The number of nitrogens with zero attached hydrogens (tertiary/aromatic N) is 3. The number of anilines is 2. The Balaban J connectivity index is 1.44. The number of carbonyl (C=O) groups is 1. The van der Waals surface area contributed by atoms with Crippen LogP contribution < -0.4 is 15.1 Å². The van der Waals surface area contributed by atoms with Crippen LogP contribution >= 0.6 is 0 Å². The summed E-state index contributed by atoms with van der Waals surface area (Å²) in [5.41, 5.74) is 3.76. The van der Waals surface area contributed by atoms with Crippen molar-refractivity contribution in [1.82, 2.24) is 10.2 Å². The van der Waals surface area contributed by atoms with Gasteiger partial charge in [-0.2, -0.15) is 0 Å². The number of amides is 2. The molecule has 2 aromatic carbocycles. The molecular weight excluding hydrogens is 348 g/mol. The van der Waals surface area contributed by atoms with Gasteiger partial charge in [-0.05, 0) is 50.1 Å². The average molecular weight is 381 g/mol. The molecule has 2 aromatic rings. The lowest BCUT2D eigenvalue weighted by Crippen LogP contribution is -2.52. The minimum absolute atomic E-state index is 0.0486. The molecule has 1 saturated heterocycles. The third-order valence-corrected chi connectivity index (χ3v) is 5.44. The van der Waals surface area contributed by atoms with Crippen LogP contribution in [0.15, 0.2) is 54.6 Å². The first-order valence-corrected chi connectivity index (χ1v) is 10.4. The van der Waals surface area contributed by atoms with Crippen LogP contribution in [-0.2, 0) is 6.42 Å². The minimum atomic E-state index is 0.0486. The lowest BCUT2D eigenvalue weighted by atomic mass is 10.1. The highest BCUT2D eigenvalue weighted by atomic mass is 16.2. The zero-order valence-electron chi connectivity index (χ0n) is 17.1. The van der Waals surface area contributed by atoms with Gasteiger partial charge in [-0.15, -0.1) is 0 Å². The number of urea groups is 1. The summed E-state index contributed by atoms with van der Waals surface area (Å²) in [4.78, 5) is 19.0. The zero-order chi connectivity index (χ0) is 19.8. The number of hydrogen-bond donors (Lipinski definition) is 1. The maximum Gasteiger partial charge on any atom is 0.317 e.